The summed E-state index contributed by atoms with van der Waals surface area (Å²) in [6, 6.07) is 1.76. The third-order valence-electron chi connectivity index (χ3n) is 2.16. The zero-order chi connectivity index (χ0) is 13.1. The van der Waals surface area contributed by atoms with Gasteiger partial charge >= 0.3 is 0 Å². The molecule has 0 radical (unpaired) electrons. The van der Waals surface area contributed by atoms with E-state index in [1.54, 1.807) is 6.07 Å². The minimum Gasteiger partial charge on any atom is -0.226 e. The van der Waals surface area contributed by atoms with Gasteiger partial charge in [-0.3, -0.25) is 0 Å². The van der Waals surface area contributed by atoms with Crippen LogP contribution in [0.5, 0.6) is 0 Å². The predicted molar refractivity (Wildman–Crippen MR) is 74.5 cm³/mol. The Bertz CT molecular complexity index is 542. The Morgan fingerprint density at radius 3 is 2.72 bits per heavy atom. The molecule has 7 heteroatoms. The summed E-state index contributed by atoms with van der Waals surface area (Å²) in [7, 11) is 0. The van der Waals surface area contributed by atoms with Crippen molar-refractivity contribution in [1.29, 1.82) is 0 Å². The van der Waals surface area contributed by atoms with E-state index in [4.69, 9.17) is 11.6 Å². The molecule has 0 spiro atoms. The summed E-state index contributed by atoms with van der Waals surface area (Å²) in [4.78, 5) is 13.1. The minimum absolute atomic E-state index is 0.253. The molecule has 2 aromatic heterocycles. The van der Waals surface area contributed by atoms with Crippen molar-refractivity contribution in [2.75, 3.05) is 0 Å². The number of nitrogens with zero attached hydrogens (tertiary/aromatic N) is 4. The van der Waals surface area contributed by atoms with Crippen LogP contribution in [0.15, 0.2) is 15.4 Å². The molecule has 0 unspecified atom stereocenters. The largest absolute Gasteiger partial charge is 0.226 e. The molecular formula is C11H13ClN4S2. The molecule has 2 rings (SSSR count). The van der Waals surface area contributed by atoms with Gasteiger partial charge in [0.15, 0.2) is 4.34 Å². The van der Waals surface area contributed by atoms with E-state index >= 15 is 0 Å². The Hall–Kier alpha value is -0.720. The van der Waals surface area contributed by atoms with Crippen molar-refractivity contribution in [3.05, 3.63) is 22.9 Å². The minimum atomic E-state index is 0.253. The maximum absolute atomic E-state index is 6.00. The van der Waals surface area contributed by atoms with E-state index in [-0.39, 0.29) is 5.92 Å². The molecule has 0 aliphatic rings. The van der Waals surface area contributed by atoms with E-state index in [0.717, 1.165) is 27.4 Å². The first-order valence-corrected chi connectivity index (χ1v) is 7.60. The molecule has 0 aliphatic carbocycles. The Morgan fingerprint density at radius 1 is 1.33 bits per heavy atom. The van der Waals surface area contributed by atoms with Crippen LogP contribution >= 0.6 is 34.9 Å². The van der Waals surface area contributed by atoms with Gasteiger partial charge in [0.2, 0.25) is 0 Å². The lowest BCUT2D eigenvalue weighted by Gasteiger charge is -2.05. The molecule has 0 N–H and O–H groups in total. The number of hydrogen-bond acceptors (Lipinski definition) is 6. The van der Waals surface area contributed by atoms with Gasteiger partial charge in [-0.1, -0.05) is 32.4 Å². The van der Waals surface area contributed by atoms with Crippen LogP contribution in [0.3, 0.4) is 0 Å². The summed E-state index contributed by atoms with van der Waals surface area (Å²) in [6.45, 7) is 6.12. The van der Waals surface area contributed by atoms with Crippen LogP contribution in [0.2, 0.25) is 5.15 Å². The molecule has 0 saturated carbocycles. The van der Waals surface area contributed by atoms with E-state index in [1.807, 2.05) is 20.8 Å². The van der Waals surface area contributed by atoms with Crippen molar-refractivity contribution in [2.45, 2.75) is 42.5 Å². The zero-order valence-electron chi connectivity index (χ0n) is 10.3. The summed E-state index contributed by atoms with van der Waals surface area (Å²) >= 11 is 8.86. The quantitative estimate of drug-likeness (QED) is 0.803. The zero-order valence-corrected chi connectivity index (χ0v) is 12.7. The molecule has 2 aromatic rings. The van der Waals surface area contributed by atoms with Gasteiger partial charge in [0.05, 0.1) is 0 Å². The van der Waals surface area contributed by atoms with E-state index in [2.05, 4.69) is 19.3 Å². The lowest BCUT2D eigenvalue weighted by molar-refractivity contribution is 0.753. The van der Waals surface area contributed by atoms with Crippen LogP contribution in [0.25, 0.3) is 0 Å². The first-order valence-electron chi connectivity index (χ1n) is 5.63. The molecular weight excluding hydrogens is 288 g/mol. The monoisotopic (exact) mass is 300 g/mol. The molecule has 4 nitrogen and oxygen atoms in total. The second-order valence-corrected chi connectivity index (χ2v) is 6.38. The molecule has 96 valence electrons. The van der Waals surface area contributed by atoms with Gasteiger partial charge in [-0.05, 0) is 23.3 Å². The average molecular weight is 301 g/mol. The van der Waals surface area contributed by atoms with Gasteiger partial charge in [-0.2, -0.15) is 4.37 Å². The molecule has 2 heterocycles. The molecule has 0 saturated heterocycles. The maximum atomic E-state index is 6.00. The SMILES string of the molecule is CCc1nsc(Sc2cc(Cl)nc(C(C)C)n2)n1. The van der Waals surface area contributed by atoms with Crippen molar-refractivity contribution in [2.24, 2.45) is 0 Å². The summed E-state index contributed by atoms with van der Waals surface area (Å²) in [5.74, 6) is 1.88. The van der Waals surface area contributed by atoms with Crippen molar-refractivity contribution < 1.29 is 0 Å². The van der Waals surface area contributed by atoms with E-state index in [1.165, 1.54) is 23.3 Å². The van der Waals surface area contributed by atoms with Crippen molar-refractivity contribution in [3.63, 3.8) is 0 Å². The highest BCUT2D eigenvalue weighted by Crippen LogP contribution is 2.29. The number of halogens is 1. The van der Waals surface area contributed by atoms with Crippen LogP contribution in [0.4, 0.5) is 0 Å². The summed E-state index contributed by atoms with van der Waals surface area (Å²) < 4.78 is 5.13. The summed E-state index contributed by atoms with van der Waals surface area (Å²) in [6.07, 6.45) is 0.846. The van der Waals surface area contributed by atoms with Crippen molar-refractivity contribution >= 4 is 34.9 Å². The van der Waals surface area contributed by atoms with Crippen LogP contribution in [-0.4, -0.2) is 19.3 Å². The second-order valence-electron chi connectivity index (χ2n) is 3.97. The second kappa shape index (κ2) is 5.95. The van der Waals surface area contributed by atoms with Crippen LogP contribution in [0, 0.1) is 0 Å². The first kappa shape index (κ1) is 13.7. The van der Waals surface area contributed by atoms with Crippen molar-refractivity contribution in [1.82, 2.24) is 19.3 Å². The molecule has 0 amide bonds. The Morgan fingerprint density at radius 2 is 2.11 bits per heavy atom. The number of aryl methyl sites for hydroxylation is 1. The highest BCUT2D eigenvalue weighted by Gasteiger charge is 2.10. The predicted octanol–water partition coefficient (Wildman–Crippen LogP) is 3.82. The Balaban J connectivity index is 2.23. The summed E-state index contributed by atoms with van der Waals surface area (Å²) in [5.41, 5.74) is 0. The average Bonchev–Trinajstić information content (AvgIpc) is 2.76. The Kier molecular flexibility index (Phi) is 4.53. The smallest absolute Gasteiger partial charge is 0.176 e. The van der Waals surface area contributed by atoms with Gasteiger partial charge in [0.25, 0.3) is 0 Å². The standard InChI is InChI=1S/C11H13ClN4S2/c1-4-8-14-11(18-16-8)17-9-5-7(12)13-10(15-9)6(2)3/h5-6H,4H2,1-3H3. The van der Waals surface area contributed by atoms with Gasteiger partial charge in [0, 0.05) is 18.4 Å². The van der Waals surface area contributed by atoms with Gasteiger partial charge in [-0.15, -0.1) is 0 Å². The summed E-state index contributed by atoms with van der Waals surface area (Å²) in [5, 5.41) is 1.29. The van der Waals surface area contributed by atoms with E-state index in [0.29, 0.717) is 5.15 Å². The van der Waals surface area contributed by atoms with E-state index < -0.39 is 0 Å². The van der Waals surface area contributed by atoms with Crippen molar-refractivity contribution in [3.8, 4) is 0 Å². The number of aromatic nitrogens is 4. The molecule has 18 heavy (non-hydrogen) atoms. The Labute approximate surface area is 119 Å². The number of hydrogen-bond donors (Lipinski definition) is 0. The highest BCUT2D eigenvalue weighted by molar-refractivity contribution is 8.00. The third-order valence-corrected chi connectivity index (χ3v) is 4.06. The van der Waals surface area contributed by atoms with Gasteiger partial charge in [-0.25, -0.2) is 15.0 Å². The van der Waals surface area contributed by atoms with Gasteiger partial charge in [0.1, 0.15) is 21.8 Å². The molecule has 0 fully saturated rings. The molecule has 0 atom stereocenters. The lowest BCUT2D eigenvalue weighted by atomic mass is 10.2. The van der Waals surface area contributed by atoms with Gasteiger partial charge < -0.3 is 0 Å². The van der Waals surface area contributed by atoms with Crippen LogP contribution in [0.1, 0.15) is 38.3 Å². The topological polar surface area (TPSA) is 51.6 Å². The third kappa shape index (κ3) is 3.40. The van der Waals surface area contributed by atoms with E-state index in [9.17, 15) is 0 Å². The number of rotatable bonds is 4. The normalized spacial score (nSPS) is 11.2. The fourth-order valence-electron chi connectivity index (χ4n) is 1.24. The lowest BCUT2D eigenvalue weighted by Crippen LogP contribution is -1.98. The highest BCUT2D eigenvalue weighted by atomic mass is 35.5. The fourth-order valence-corrected chi connectivity index (χ4v) is 3.15. The van der Waals surface area contributed by atoms with Crippen LogP contribution < -0.4 is 0 Å². The molecule has 0 aliphatic heterocycles. The maximum Gasteiger partial charge on any atom is 0.176 e. The fraction of sp³-hybridized carbons (Fsp3) is 0.455. The first-order chi connectivity index (χ1) is 8.58. The van der Waals surface area contributed by atoms with Crippen LogP contribution in [-0.2, 0) is 6.42 Å². The molecule has 0 aromatic carbocycles. The molecule has 0 bridgehead atoms.